The van der Waals surface area contributed by atoms with E-state index >= 15 is 0 Å². The Bertz CT molecular complexity index is 3040. The quantitative estimate of drug-likeness (QED) is 0.175. The molecule has 0 aliphatic rings. The minimum atomic E-state index is -0.288. The molecule has 0 unspecified atom stereocenters. The molecule has 5 heteroatoms. The van der Waals surface area contributed by atoms with Crippen molar-refractivity contribution >= 4 is 11.0 Å². The van der Waals surface area contributed by atoms with E-state index in [2.05, 4.69) is 149 Å². The summed E-state index contributed by atoms with van der Waals surface area (Å²) in [4.78, 5) is 10.4. The number of nitrogens with zero attached hydrogens (tertiary/aromatic N) is 3. The number of halogens is 1. The molecule has 0 amide bonds. The lowest BCUT2D eigenvalue weighted by atomic mass is 9.84. The SMILES string of the molecule is CC(C)(C)c1ccc(O)c(-c2nc3c(-c4cc(-c5ccc(F)cc5)cc(-c5cc(-c6ccccc6)ccn5)c4)cccc3n2-c2ccc(C(C)(C)C)cc2-c2ccccc2)c1. The molecule has 1 N–H and O–H groups in total. The van der Waals surface area contributed by atoms with Gasteiger partial charge in [-0.15, -0.1) is 0 Å². The van der Waals surface area contributed by atoms with Gasteiger partial charge < -0.3 is 5.11 Å². The van der Waals surface area contributed by atoms with Crippen LogP contribution in [0.5, 0.6) is 5.75 Å². The van der Waals surface area contributed by atoms with Crippen molar-refractivity contribution in [3.63, 3.8) is 0 Å². The number of benzene rings is 7. The molecule has 9 rings (SSSR count). The maximum absolute atomic E-state index is 14.3. The number of hydrogen-bond acceptors (Lipinski definition) is 3. The maximum Gasteiger partial charge on any atom is 0.149 e. The molecule has 300 valence electrons. The van der Waals surface area contributed by atoms with E-state index < -0.39 is 0 Å². The van der Waals surface area contributed by atoms with Crippen LogP contribution in [0.1, 0.15) is 52.7 Å². The Labute approximate surface area is 357 Å². The minimum absolute atomic E-state index is 0.0862. The van der Waals surface area contributed by atoms with Crippen molar-refractivity contribution in [3.05, 3.63) is 193 Å². The average molecular weight is 798 g/mol. The summed E-state index contributed by atoms with van der Waals surface area (Å²) < 4.78 is 16.5. The number of imidazole rings is 1. The summed E-state index contributed by atoms with van der Waals surface area (Å²) in [6.07, 6.45) is 1.85. The first-order valence-electron chi connectivity index (χ1n) is 20.8. The van der Waals surface area contributed by atoms with Crippen LogP contribution in [0.15, 0.2) is 176 Å². The number of phenols is 1. The smallest absolute Gasteiger partial charge is 0.149 e. The molecular formula is C56H48FN3O. The fraction of sp³-hybridized carbons (Fsp3) is 0.143. The van der Waals surface area contributed by atoms with Gasteiger partial charge in [-0.2, -0.15) is 0 Å². The Hall–Kier alpha value is -7.11. The number of pyridine rings is 1. The van der Waals surface area contributed by atoms with Gasteiger partial charge in [-0.1, -0.05) is 139 Å². The second kappa shape index (κ2) is 15.5. The highest BCUT2D eigenvalue weighted by Gasteiger charge is 2.25. The molecule has 9 aromatic rings. The van der Waals surface area contributed by atoms with Gasteiger partial charge in [-0.25, -0.2) is 9.37 Å². The zero-order valence-electron chi connectivity index (χ0n) is 35.4. The van der Waals surface area contributed by atoms with Gasteiger partial charge in [0.1, 0.15) is 17.4 Å². The molecule has 0 aliphatic carbocycles. The van der Waals surface area contributed by atoms with Crippen LogP contribution in [0.4, 0.5) is 4.39 Å². The van der Waals surface area contributed by atoms with Gasteiger partial charge >= 0.3 is 0 Å². The normalized spacial score (nSPS) is 11.9. The first kappa shape index (κ1) is 39.4. The van der Waals surface area contributed by atoms with Crippen molar-refractivity contribution in [2.75, 3.05) is 0 Å². The van der Waals surface area contributed by atoms with Crippen molar-refractivity contribution < 1.29 is 9.50 Å². The van der Waals surface area contributed by atoms with Crippen LogP contribution in [0.2, 0.25) is 0 Å². The predicted molar refractivity (Wildman–Crippen MR) is 251 cm³/mol. The molecule has 2 aromatic heterocycles. The molecule has 0 bridgehead atoms. The minimum Gasteiger partial charge on any atom is -0.507 e. The molecule has 0 radical (unpaired) electrons. The highest BCUT2D eigenvalue weighted by atomic mass is 19.1. The number of aromatic hydroxyl groups is 1. The molecule has 0 spiro atoms. The van der Waals surface area contributed by atoms with Crippen LogP contribution >= 0.6 is 0 Å². The van der Waals surface area contributed by atoms with Gasteiger partial charge in [0.2, 0.25) is 0 Å². The fourth-order valence-corrected chi connectivity index (χ4v) is 8.12. The summed E-state index contributed by atoms with van der Waals surface area (Å²) in [6, 6.07) is 56.9. The van der Waals surface area contributed by atoms with E-state index in [-0.39, 0.29) is 22.4 Å². The van der Waals surface area contributed by atoms with Crippen LogP contribution in [0.3, 0.4) is 0 Å². The Morgan fingerprint density at radius 1 is 0.475 bits per heavy atom. The van der Waals surface area contributed by atoms with Gasteiger partial charge in [0, 0.05) is 22.9 Å². The molecular weight excluding hydrogens is 750 g/mol. The average Bonchev–Trinajstić information content (AvgIpc) is 3.66. The second-order valence-corrected chi connectivity index (χ2v) is 17.9. The third-order valence-corrected chi connectivity index (χ3v) is 11.6. The Kier molecular flexibility index (Phi) is 9.99. The highest BCUT2D eigenvalue weighted by Crippen LogP contribution is 2.43. The van der Waals surface area contributed by atoms with E-state index in [4.69, 9.17) is 9.97 Å². The van der Waals surface area contributed by atoms with Crippen molar-refractivity contribution in [1.29, 1.82) is 0 Å². The van der Waals surface area contributed by atoms with Crippen LogP contribution in [0.25, 0.3) is 83.9 Å². The van der Waals surface area contributed by atoms with Crippen molar-refractivity contribution in [3.8, 4) is 78.6 Å². The van der Waals surface area contributed by atoms with Gasteiger partial charge in [0.25, 0.3) is 0 Å². The molecule has 0 atom stereocenters. The molecule has 61 heavy (non-hydrogen) atoms. The van der Waals surface area contributed by atoms with Gasteiger partial charge in [-0.3, -0.25) is 9.55 Å². The van der Waals surface area contributed by atoms with Crippen molar-refractivity contribution in [2.45, 2.75) is 52.4 Å². The third kappa shape index (κ3) is 7.76. The molecule has 7 aromatic carbocycles. The van der Waals surface area contributed by atoms with E-state index in [1.807, 2.05) is 54.7 Å². The number of fused-ring (bicyclic) bond motifs is 1. The summed E-state index contributed by atoms with van der Waals surface area (Å²) in [6.45, 7) is 13.2. The third-order valence-electron chi connectivity index (χ3n) is 11.6. The zero-order valence-corrected chi connectivity index (χ0v) is 35.4. The van der Waals surface area contributed by atoms with E-state index in [0.29, 0.717) is 11.4 Å². The molecule has 4 nitrogen and oxygen atoms in total. The van der Waals surface area contributed by atoms with Gasteiger partial charge in [-0.05, 0) is 128 Å². The summed E-state index contributed by atoms with van der Waals surface area (Å²) in [5, 5.41) is 11.7. The summed E-state index contributed by atoms with van der Waals surface area (Å²) in [5.41, 5.74) is 15.1. The number of para-hydroxylation sites is 1. The van der Waals surface area contributed by atoms with E-state index in [9.17, 15) is 9.50 Å². The first-order chi connectivity index (χ1) is 29.3. The van der Waals surface area contributed by atoms with E-state index in [1.54, 1.807) is 6.07 Å². The lowest BCUT2D eigenvalue weighted by molar-refractivity contribution is 0.475. The Balaban J connectivity index is 1.34. The topological polar surface area (TPSA) is 50.9 Å². The summed E-state index contributed by atoms with van der Waals surface area (Å²) in [5.74, 6) is 0.506. The summed E-state index contributed by atoms with van der Waals surface area (Å²) in [7, 11) is 0. The zero-order chi connectivity index (χ0) is 42.5. The number of hydrogen-bond donors (Lipinski definition) is 1. The Morgan fingerprint density at radius 2 is 1.08 bits per heavy atom. The monoisotopic (exact) mass is 797 g/mol. The molecule has 0 saturated carbocycles. The van der Waals surface area contributed by atoms with Crippen LogP contribution in [0, 0.1) is 5.82 Å². The number of rotatable bonds is 7. The maximum atomic E-state index is 14.3. The molecule has 2 heterocycles. The predicted octanol–water partition coefficient (Wildman–Crippen LogP) is 14.9. The van der Waals surface area contributed by atoms with Gasteiger partial charge in [0.15, 0.2) is 0 Å². The van der Waals surface area contributed by atoms with E-state index in [0.717, 1.165) is 78.0 Å². The van der Waals surface area contributed by atoms with Crippen molar-refractivity contribution in [1.82, 2.24) is 14.5 Å². The van der Waals surface area contributed by atoms with Crippen LogP contribution in [-0.4, -0.2) is 19.6 Å². The van der Waals surface area contributed by atoms with Crippen LogP contribution in [-0.2, 0) is 10.8 Å². The lowest BCUT2D eigenvalue weighted by Gasteiger charge is -2.23. The largest absolute Gasteiger partial charge is 0.507 e. The number of aromatic nitrogens is 3. The van der Waals surface area contributed by atoms with E-state index in [1.165, 1.54) is 17.7 Å². The number of phenolic OH excluding ortho intramolecular Hbond substituents is 1. The van der Waals surface area contributed by atoms with Gasteiger partial charge in [0.05, 0.1) is 28.0 Å². The van der Waals surface area contributed by atoms with Crippen LogP contribution < -0.4 is 0 Å². The fourth-order valence-electron chi connectivity index (χ4n) is 8.12. The molecule has 0 saturated heterocycles. The molecule has 0 aliphatic heterocycles. The lowest BCUT2D eigenvalue weighted by Crippen LogP contribution is -2.12. The first-order valence-corrected chi connectivity index (χ1v) is 20.8. The summed E-state index contributed by atoms with van der Waals surface area (Å²) >= 11 is 0. The molecule has 0 fully saturated rings. The standard InChI is InChI=1S/C56H48FN3O/c1-55(2,3)43-22-26-50(47(34-43)38-16-11-8-12-17-38)60-51-19-13-18-46(53(51)59-54(60)48-35-44(56(4,5)6)23-27-52(48)61)41-30-40(37-20-24-45(57)25-21-37)31-42(32-41)49-33-39(28-29-58-49)36-14-9-7-10-15-36/h7-35,61H,1-6H3. The van der Waals surface area contributed by atoms with Crippen molar-refractivity contribution in [2.24, 2.45) is 0 Å². The Morgan fingerprint density at radius 3 is 1.77 bits per heavy atom. The second-order valence-electron chi connectivity index (χ2n) is 17.9. The highest BCUT2D eigenvalue weighted by molar-refractivity contribution is 5.98.